The zero-order valence-corrected chi connectivity index (χ0v) is 11.1. The lowest BCUT2D eigenvalue weighted by Gasteiger charge is -2.25. The summed E-state index contributed by atoms with van der Waals surface area (Å²) in [6.07, 6.45) is 2.45. The van der Waals surface area contributed by atoms with Gasteiger partial charge in [-0.2, -0.15) is 0 Å². The lowest BCUT2D eigenvalue weighted by Crippen LogP contribution is -2.31. The molecule has 0 unspecified atom stereocenters. The van der Waals surface area contributed by atoms with Gasteiger partial charge in [-0.25, -0.2) is 0 Å². The molecule has 2 N–H and O–H groups in total. The van der Waals surface area contributed by atoms with Gasteiger partial charge < -0.3 is 15.4 Å². The van der Waals surface area contributed by atoms with Crippen molar-refractivity contribution in [3.8, 4) is 5.75 Å². The van der Waals surface area contributed by atoms with E-state index in [-0.39, 0.29) is 0 Å². The summed E-state index contributed by atoms with van der Waals surface area (Å²) >= 11 is 6.24. The predicted octanol–water partition coefficient (Wildman–Crippen LogP) is 2.52. The second kappa shape index (κ2) is 4.75. The van der Waals surface area contributed by atoms with Crippen molar-refractivity contribution in [1.29, 1.82) is 0 Å². The van der Waals surface area contributed by atoms with Crippen LogP contribution in [0.2, 0.25) is 5.02 Å². The molecule has 1 aromatic carbocycles. The highest BCUT2D eigenvalue weighted by Gasteiger charge is 2.42. The van der Waals surface area contributed by atoms with Crippen molar-refractivity contribution < 1.29 is 4.74 Å². The van der Waals surface area contributed by atoms with Crippen molar-refractivity contribution in [2.75, 3.05) is 32.1 Å². The second-order valence-corrected chi connectivity index (χ2v) is 5.28. The van der Waals surface area contributed by atoms with Crippen LogP contribution < -0.4 is 15.4 Å². The SMILES string of the molecule is COc1ccc(N(C)CC2(CN)CC2)c(Cl)c1. The third kappa shape index (κ3) is 2.67. The summed E-state index contributed by atoms with van der Waals surface area (Å²) in [4.78, 5) is 2.18. The molecule has 0 bridgehead atoms. The van der Waals surface area contributed by atoms with E-state index in [1.807, 2.05) is 18.2 Å². The monoisotopic (exact) mass is 254 g/mol. The highest BCUT2D eigenvalue weighted by atomic mass is 35.5. The van der Waals surface area contributed by atoms with Gasteiger partial charge in [0.1, 0.15) is 5.75 Å². The molecule has 1 fully saturated rings. The molecule has 94 valence electrons. The number of ether oxygens (including phenoxy) is 1. The van der Waals surface area contributed by atoms with Crippen LogP contribution in [0.4, 0.5) is 5.69 Å². The zero-order valence-electron chi connectivity index (χ0n) is 10.4. The highest BCUT2D eigenvalue weighted by molar-refractivity contribution is 6.33. The van der Waals surface area contributed by atoms with Crippen LogP contribution in [-0.4, -0.2) is 27.2 Å². The molecule has 2 rings (SSSR count). The smallest absolute Gasteiger partial charge is 0.120 e. The summed E-state index contributed by atoms with van der Waals surface area (Å²) in [5.74, 6) is 0.784. The van der Waals surface area contributed by atoms with E-state index in [1.165, 1.54) is 12.8 Å². The number of nitrogens with zero attached hydrogens (tertiary/aromatic N) is 1. The summed E-state index contributed by atoms with van der Waals surface area (Å²) < 4.78 is 5.14. The van der Waals surface area contributed by atoms with Crippen molar-refractivity contribution in [2.24, 2.45) is 11.1 Å². The maximum absolute atomic E-state index is 6.24. The molecule has 3 nitrogen and oxygen atoms in total. The molecule has 1 aromatic rings. The first-order valence-electron chi connectivity index (χ1n) is 5.85. The molecule has 1 saturated carbocycles. The lowest BCUT2D eigenvalue weighted by molar-refractivity contribution is 0.415. The Hall–Kier alpha value is -0.930. The van der Waals surface area contributed by atoms with Gasteiger partial charge in [0.2, 0.25) is 0 Å². The fraction of sp³-hybridized carbons (Fsp3) is 0.538. The van der Waals surface area contributed by atoms with Crippen LogP contribution in [0.5, 0.6) is 5.75 Å². The first-order valence-corrected chi connectivity index (χ1v) is 6.23. The molecule has 0 aromatic heterocycles. The Kier molecular flexibility index (Phi) is 3.50. The van der Waals surface area contributed by atoms with Crippen LogP contribution in [0.15, 0.2) is 18.2 Å². The van der Waals surface area contributed by atoms with Crippen LogP contribution in [0.3, 0.4) is 0 Å². The highest BCUT2D eigenvalue weighted by Crippen LogP contribution is 2.46. The number of rotatable bonds is 5. The molecule has 0 aliphatic heterocycles. The van der Waals surface area contributed by atoms with Crippen LogP contribution in [-0.2, 0) is 0 Å². The number of benzene rings is 1. The van der Waals surface area contributed by atoms with Gasteiger partial charge in [0.15, 0.2) is 0 Å². The van der Waals surface area contributed by atoms with Crippen LogP contribution in [0.1, 0.15) is 12.8 Å². The van der Waals surface area contributed by atoms with Gasteiger partial charge in [-0.15, -0.1) is 0 Å². The van der Waals surface area contributed by atoms with Crippen molar-refractivity contribution in [1.82, 2.24) is 0 Å². The summed E-state index contributed by atoms with van der Waals surface area (Å²) in [5, 5.41) is 0.722. The molecule has 1 aliphatic carbocycles. The summed E-state index contributed by atoms with van der Waals surface area (Å²) in [5.41, 5.74) is 7.15. The van der Waals surface area contributed by atoms with E-state index in [0.717, 1.165) is 29.5 Å². The van der Waals surface area contributed by atoms with E-state index in [9.17, 15) is 0 Å². The Labute approximate surface area is 107 Å². The topological polar surface area (TPSA) is 38.5 Å². The van der Waals surface area contributed by atoms with E-state index in [4.69, 9.17) is 22.1 Å². The average Bonchev–Trinajstić information content (AvgIpc) is 3.09. The van der Waals surface area contributed by atoms with Gasteiger partial charge in [0, 0.05) is 25.1 Å². The van der Waals surface area contributed by atoms with Gasteiger partial charge in [0.05, 0.1) is 17.8 Å². The molecule has 17 heavy (non-hydrogen) atoms. The first kappa shape index (κ1) is 12.5. The van der Waals surface area contributed by atoms with Crippen molar-refractivity contribution in [2.45, 2.75) is 12.8 Å². The largest absolute Gasteiger partial charge is 0.497 e. The van der Waals surface area contributed by atoms with E-state index in [0.29, 0.717) is 5.41 Å². The van der Waals surface area contributed by atoms with Crippen molar-refractivity contribution in [3.05, 3.63) is 23.2 Å². The lowest BCUT2D eigenvalue weighted by atomic mass is 10.1. The van der Waals surface area contributed by atoms with Gasteiger partial charge >= 0.3 is 0 Å². The maximum Gasteiger partial charge on any atom is 0.120 e. The standard InChI is InChI=1S/C13H19ClN2O/c1-16(9-13(8-15)5-6-13)12-4-3-10(17-2)7-11(12)14/h3-4,7H,5-6,8-9,15H2,1-2H3. The number of anilines is 1. The van der Waals surface area contributed by atoms with Gasteiger partial charge in [-0.1, -0.05) is 11.6 Å². The second-order valence-electron chi connectivity index (χ2n) is 4.88. The third-order valence-electron chi connectivity index (χ3n) is 3.53. The van der Waals surface area contributed by atoms with E-state index >= 15 is 0 Å². The normalized spacial score (nSPS) is 16.7. The molecule has 0 saturated heterocycles. The Morgan fingerprint density at radius 2 is 2.18 bits per heavy atom. The van der Waals surface area contributed by atoms with Crippen molar-refractivity contribution >= 4 is 17.3 Å². The minimum Gasteiger partial charge on any atom is -0.497 e. The molecular weight excluding hydrogens is 236 g/mol. The number of nitrogens with two attached hydrogens (primary N) is 1. The van der Waals surface area contributed by atoms with Crippen LogP contribution in [0, 0.1) is 5.41 Å². The molecule has 4 heteroatoms. The molecular formula is C13H19ClN2O. The molecule has 0 atom stereocenters. The molecule has 0 spiro atoms. The number of hydrogen-bond donors (Lipinski definition) is 1. The van der Waals surface area contributed by atoms with Gasteiger partial charge in [-0.05, 0) is 31.5 Å². The number of halogens is 1. The van der Waals surface area contributed by atoms with Crippen LogP contribution in [0.25, 0.3) is 0 Å². The first-order chi connectivity index (χ1) is 8.10. The minimum atomic E-state index is 0.317. The quantitative estimate of drug-likeness (QED) is 0.878. The Morgan fingerprint density at radius 3 is 2.65 bits per heavy atom. The zero-order chi connectivity index (χ0) is 12.5. The summed E-state index contributed by atoms with van der Waals surface area (Å²) in [7, 11) is 3.70. The van der Waals surface area contributed by atoms with E-state index in [1.54, 1.807) is 7.11 Å². The Morgan fingerprint density at radius 1 is 1.47 bits per heavy atom. The van der Waals surface area contributed by atoms with E-state index < -0.39 is 0 Å². The molecule has 0 heterocycles. The fourth-order valence-electron chi connectivity index (χ4n) is 2.12. The Balaban J connectivity index is 2.11. The number of methoxy groups -OCH3 is 1. The van der Waals surface area contributed by atoms with Gasteiger partial charge in [0.25, 0.3) is 0 Å². The van der Waals surface area contributed by atoms with Crippen LogP contribution >= 0.6 is 11.6 Å². The van der Waals surface area contributed by atoms with E-state index in [2.05, 4.69) is 11.9 Å². The number of hydrogen-bond acceptors (Lipinski definition) is 3. The molecule has 1 aliphatic rings. The third-order valence-corrected chi connectivity index (χ3v) is 3.83. The molecule has 0 amide bonds. The summed E-state index contributed by atoms with van der Waals surface area (Å²) in [6, 6.07) is 5.77. The summed E-state index contributed by atoms with van der Waals surface area (Å²) in [6.45, 7) is 1.72. The minimum absolute atomic E-state index is 0.317. The predicted molar refractivity (Wildman–Crippen MR) is 72.0 cm³/mol. The Bertz CT molecular complexity index is 404. The maximum atomic E-state index is 6.24. The van der Waals surface area contributed by atoms with Crippen molar-refractivity contribution in [3.63, 3.8) is 0 Å². The fourth-order valence-corrected chi connectivity index (χ4v) is 2.43. The average molecular weight is 255 g/mol. The van der Waals surface area contributed by atoms with Gasteiger partial charge in [-0.3, -0.25) is 0 Å². The molecule has 0 radical (unpaired) electrons.